The number of nitro benzene ring substituents is 1. The topological polar surface area (TPSA) is 76.2 Å². The summed E-state index contributed by atoms with van der Waals surface area (Å²) in [5.41, 5.74) is 2.83. The first-order valence-electron chi connectivity index (χ1n) is 9.71. The number of nitrogens with zero attached hydrogens (tertiary/aromatic N) is 2. The SMILES string of the molecule is N#CC(=Cc1ccccc1OCc1cccc2ccccc12)c1ccc([N+](=O)[O-])cc1. The van der Waals surface area contributed by atoms with Crippen molar-refractivity contribution in [1.82, 2.24) is 0 Å². The van der Waals surface area contributed by atoms with Gasteiger partial charge in [-0.05, 0) is 46.2 Å². The van der Waals surface area contributed by atoms with Crippen molar-refractivity contribution in [2.75, 3.05) is 0 Å². The lowest BCUT2D eigenvalue weighted by molar-refractivity contribution is -0.384. The summed E-state index contributed by atoms with van der Waals surface area (Å²) < 4.78 is 6.12. The van der Waals surface area contributed by atoms with E-state index in [1.54, 1.807) is 18.2 Å². The highest BCUT2D eigenvalue weighted by Crippen LogP contribution is 2.27. The van der Waals surface area contributed by atoms with Crippen LogP contribution in [0.25, 0.3) is 22.4 Å². The summed E-state index contributed by atoms with van der Waals surface area (Å²) in [5.74, 6) is 0.657. The fourth-order valence-corrected chi connectivity index (χ4v) is 3.40. The number of hydrogen-bond donors (Lipinski definition) is 0. The van der Waals surface area contributed by atoms with E-state index in [0.29, 0.717) is 23.5 Å². The predicted octanol–water partition coefficient (Wildman–Crippen LogP) is 6.39. The Kier molecular flexibility index (Phi) is 5.72. The summed E-state index contributed by atoms with van der Waals surface area (Å²) in [4.78, 5) is 10.4. The number of benzene rings is 4. The molecule has 31 heavy (non-hydrogen) atoms. The van der Waals surface area contributed by atoms with Gasteiger partial charge in [-0.25, -0.2) is 0 Å². The molecule has 0 amide bonds. The number of ether oxygens (including phenoxy) is 1. The van der Waals surface area contributed by atoms with Gasteiger partial charge >= 0.3 is 0 Å². The molecule has 0 radical (unpaired) electrons. The van der Waals surface area contributed by atoms with Gasteiger partial charge in [-0.2, -0.15) is 5.26 Å². The summed E-state index contributed by atoms with van der Waals surface area (Å²) in [7, 11) is 0. The fraction of sp³-hybridized carbons (Fsp3) is 0.0385. The summed E-state index contributed by atoms with van der Waals surface area (Å²) in [6.07, 6.45) is 1.74. The molecule has 4 rings (SSSR count). The first kappa shape index (κ1) is 19.9. The number of non-ortho nitro benzene ring substituents is 1. The molecule has 0 aliphatic heterocycles. The molecule has 5 nitrogen and oxygen atoms in total. The molecular weight excluding hydrogens is 388 g/mol. The summed E-state index contributed by atoms with van der Waals surface area (Å²) in [6, 6.07) is 29.9. The Morgan fingerprint density at radius 1 is 0.935 bits per heavy atom. The molecule has 0 aromatic heterocycles. The van der Waals surface area contributed by atoms with Crippen LogP contribution in [0.3, 0.4) is 0 Å². The van der Waals surface area contributed by atoms with Crippen LogP contribution in [0.5, 0.6) is 5.75 Å². The average Bonchev–Trinajstić information content (AvgIpc) is 2.82. The van der Waals surface area contributed by atoms with Gasteiger partial charge in [-0.1, -0.05) is 60.7 Å². The quantitative estimate of drug-likeness (QED) is 0.161. The van der Waals surface area contributed by atoms with Gasteiger partial charge in [-0.3, -0.25) is 10.1 Å². The van der Waals surface area contributed by atoms with Gasteiger partial charge in [-0.15, -0.1) is 0 Å². The van der Waals surface area contributed by atoms with E-state index in [1.165, 1.54) is 12.1 Å². The van der Waals surface area contributed by atoms with E-state index in [2.05, 4.69) is 24.3 Å². The van der Waals surface area contributed by atoms with E-state index in [9.17, 15) is 15.4 Å². The number of hydrogen-bond acceptors (Lipinski definition) is 4. The van der Waals surface area contributed by atoms with Crippen molar-refractivity contribution in [2.24, 2.45) is 0 Å². The third-order valence-corrected chi connectivity index (χ3v) is 4.99. The summed E-state index contributed by atoms with van der Waals surface area (Å²) >= 11 is 0. The van der Waals surface area contributed by atoms with E-state index in [0.717, 1.165) is 21.9 Å². The van der Waals surface area contributed by atoms with Gasteiger partial charge in [0.2, 0.25) is 0 Å². The van der Waals surface area contributed by atoms with E-state index in [-0.39, 0.29) is 5.69 Å². The van der Waals surface area contributed by atoms with E-state index in [1.807, 2.05) is 48.5 Å². The number of allylic oxidation sites excluding steroid dienone is 1. The molecule has 0 aliphatic rings. The molecule has 0 atom stereocenters. The molecule has 0 bridgehead atoms. The molecule has 0 fully saturated rings. The van der Waals surface area contributed by atoms with E-state index >= 15 is 0 Å². The first-order chi connectivity index (χ1) is 15.2. The maximum absolute atomic E-state index is 10.9. The normalized spacial score (nSPS) is 11.1. The molecule has 0 N–H and O–H groups in total. The van der Waals surface area contributed by atoms with Gasteiger partial charge in [0.25, 0.3) is 5.69 Å². The molecule has 4 aromatic carbocycles. The third kappa shape index (κ3) is 4.44. The minimum Gasteiger partial charge on any atom is -0.488 e. The lowest BCUT2D eigenvalue weighted by Gasteiger charge is -2.12. The Morgan fingerprint density at radius 2 is 1.65 bits per heavy atom. The van der Waals surface area contributed by atoms with Crippen LogP contribution < -0.4 is 4.74 Å². The molecule has 0 aliphatic carbocycles. The largest absolute Gasteiger partial charge is 0.488 e. The lowest BCUT2D eigenvalue weighted by Crippen LogP contribution is -1.98. The first-order valence-corrected chi connectivity index (χ1v) is 9.71. The Hall–Kier alpha value is -4.43. The van der Waals surface area contributed by atoms with Gasteiger partial charge in [0, 0.05) is 17.7 Å². The Balaban J connectivity index is 1.62. The molecular formula is C26H18N2O3. The van der Waals surface area contributed by atoms with Crippen molar-refractivity contribution in [3.63, 3.8) is 0 Å². The molecule has 0 heterocycles. The van der Waals surface area contributed by atoms with E-state index < -0.39 is 4.92 Å². The minimum absolute atomic E-state index is 0.0140. The Bertz CT molecular complexity index is 1310. The lowest BCUT2D eigenvalue weighted by atomic mass is 10.0. The maximum Gasteiger partial charge on any atom is 0.269 e. The number of para-hydroxylation sites is 1. The van der Waals surface area contributed by atoms with Crippen LogP contribution in [0.2, 0.25) is 0 Å². The van der Waals surface area contributed by atoms with Crippen LogP contribution in [-0.4, -0.2) is 4.92 Å². The highest BCUT2D eigenvalue weighted by Gasteiger charge is 2.09. The van der Waals surface area contributed by atoms with Gasteiger partial charge in [0.1, 0.15) is 12.4 Å². The fourth-order valence-electron chi connectivity index (χ4n) is 3.40. The molecule has 0 saturated carbocycles. The zero-order chi connectivity index (χ0) is 21.6. The molecule has 0 unspecified atom stereocenters. The third-order valence-electron chi connectivity index (χ3n) is 4.99. The molecule has 0 saturated heterocycles. The zero-order valence-corrected chi connectivity index (χ0v) is 16.6. The second-order valence-electron chi connectivity index (χ2n) is 6.94. The smallest absolute Gasteiger partial charge is 0.269 e. The predicted molar refractivity (Wildman–Crippen MR) is 121 cm³/mol. The second kappa shape index (κ2) is 8.93. The number of rotatable bonds is 6. The molecule has 0 spiro atoms. The minimum atomic E-state index is -0.462. The van der Waals surface area contributed by atoms with Crippen molar-refractivity contribution >= 4 is 28.1 Å². The second-order valence-corrected chi connectivity index (χ2v) is 6.94. The van der Waals surface area contributed by atoms with Crippen LogP contribution in [0.4, 0.5) is 5.69 Å². The van der Waals surface area contributed by atoms with Crippen LogP contribution in [0.15, 0.2) is 91.0 Å². The van der Waals surface area contributed by atoms with Crippen LogP contribution >= 0.6 is 0 Å². The zero-order valence-electron chi connectivity index (χ0n) is 16.6. The number of fused-ring (bicyclic) bond motifs is 1. The van der Waals surface area contributed by atoms with E-state index in [4.69, 9.17) is 4.74 Å². The van der Waals surface area contributed by atoms with Crippen molar-refractivity contribution in [3.05, 3.63) is 118 Å². The Morgan fingerprint density at radius 3 is 2.42 bits per heavy atom. The van der Waals surface area contributed by atoms with Crippen LogP contribution in [0, 0.1) is 21.4 Å². The summed E-state index contributed by atoms with van der Waals surface area (Å²) in [6.45, 7) is 0.394. The number of nitro groups is 1. The van der Waals surface area contributed by atoms with Crippen LogP contribution in [-0.2, 0) is 6.61 Å². The maximum atomic E-state index is 10.9. The van der Waals surface area contributed by atoms with Crippen molar-refractivity contribution in [1.29, 1.82) is 5.26 Å². The Labute approximate surface area is 179 Å². The average molecular weight is 406 g/mol. The van der Waals surface area contributed by atoms with Crippen molar-refractivity contribution < 1.29 is 9.66 Å². The standard InChI is InChI=1S/C26H18N2O3/c27-17-23(19-12-14-24(15-13-19)28(29)30)16-21-7-2-4-11-26(21)31-18-22-9-5-8-20-6-1-3-10-25(20)22/h1-16H,18H2. The highest BCUT2D eigenvalue weighted by molar-refractivity contribution is 5.91. The monoisotopic (exact) mass is 406 g/mol. The summed E-state index contributed by atoms with van der Waals surface area (Å²) in [5, 5.41) is 22.8. The number of nitriles is 1. The molecule has 5 heteroatoms. The van der Waals surface area contributed by atoms with Crippen molar-refractivity contribution in [2.45, 2.75) is 6.61 Å². The molecule has 4 aromatic rings. The van der Waals surface area contributed by atoms with Gasteiger partial charge < -0.3 is 4.74 Å². The van der Waals surface area contributed by atoms with Crippen LogP contribution in [0.1, 0.15) is 16.7 Å². The van der Waals surface area contributed by atoms with Gasteiger partial charge in [0.15, 0.2) is 0 Å². The highest BCUT2D eigenvalue weighted by atomic mass is 16.6. The van der Waals surface area contributed by atoms with Gasteiger partial charge in [0.05, 0.1) is 16.6 Å². The van der Waals surface area contributed by atoms with Crippen molar-refractivity contribution in [3.8, 4) is 11.8 Å². The molecule has 150 valence electrons.